The lowest BCUT2D eigenvalue weighted by Gasteiger charge is -2.27. The Kier molecular flexibility index (Phi) is 4.98. The molecule has 0 N–H and O–H groups in total. The highest BCUT2D eigenvalue weighted by Gasteiger charge is 2.37. The summed E-state index contributed by atoms with van der Waals surface area (Å²) >= 11 is 0. The van der Waals surface area contributed by atoms with Crippen LogP contribution in [0.15, 0.2) is 15.8 Å². The molecule has 4 rings (SSSR count). The molecule has 0 aromatic carbocycles. The molecule has 3 aliphatic rings. The van der Waals surface area contributed by atoms with Crippen LogP contribution in [0.2, 0.25) is 0 Å². The molecular formula is C22H28N2O4. The first-order valence-electron chi connectivity index (χ1n) is 10.4. The van der Waals surface area contributed by atoms with Crippen molar-refractivity contribution in [3.63, 3.8) is 0 Å². The van der Waals surface area contributed by atoms with Crippen LogP contribution in [-0.4, -0.2) is 40.5 Å². The normalized spacial score (nSPS) is 22.0. The minimum Gasteiger partial charge on any atom is -0.374 e. The summed E-state index contributed by atoms with van der Waals surface area (Å²) in [5, 5.41) is 4.09. The van der Waals surface area contributed by atoms with E-state index in [0.717, 1.165) is 44.5 Å². The topological polar surface area (TPSA) is 80.5 Å². The van der Waals surface area contributed by atoms with Crippen molar-refractivity contribution in [3.05, 3.63) is 28.3 Å². The highest BCUT2D eigenvalue weighted by Crippen LogP contribution is 2.36. The monoisotopic (exact) mass is 384 g/mol. The van der Waals surface area contributed by atoms with Crippen molar-refractivity contribution in [2.75, 3.05) is 13.1 Å². The Labute approximate surface area is 165 Å². The fourth-order valence-electron chi connectivity index (χ4n) is 4.79. The lowest BCUT2D eigenvalue weighted by molar-refractivity contribution is -0.122. The summed E-state index contributed by atoms with van der Waals surface area (Å²) in [4.78, 5) is 40.3. The van der Waals surface area contributed by atoms with Crippen molar-refractivity contribution >= 4 is 17.3 Å². The second-order valence-electron chi connectivity index (χ2n) is 9.08. The van der Waals surface area contributed by atoms with Gasteiger partial charge in [-0.3, -0.25) is 14.4 Å². The molecule has 150 valence electrons. The molecule has 2 aliphatic carbocycles. The van der Waals surface area contributed by atoms with Gasteiger partial charge < -0.3 is 9.42 Å². The molecule has 1 aromatic heterocycles. The molecule has 1 aliphatic heterocycles. The van der Waals surface area contributed by atoms with Crippen LogP contribution in [-0.2, 0) is 22.4 Å². The number of aryl methyl sites for hydroxylation is 1. The molecule has 0 atom stereocenters. The Morgan fingerprint density at radius 1 is 1.07 bits per heavy atom. The number of Topliss-reactive ketones (excluding diaryl/α,β-unsaturated/α-hetero) is 3. The van der Waals surface area contributed by atoms with E-state index in [1.807, 2.05) is 13.8 Å². The molecule has 0 spiro atoms. The molecule has 0 amide bonds. The molecule has 6 heteroatoms. The van der Waals surface area contributed by atoms with Crippen molar-refractivity contribution < 1.29 is 18.9 Å². The van der Waals surface area contributed by atoms with Crippen molar-refractivity contribution in [1.82, 2.24) is 10.1 Å². The first kappa shape index (κ1) is 19.1. The third-order valence-corrected chi connectivity index (χ3v) is 6.13. The van der Waals surface area contributed by atoms with Crippen LogP contribution in [0.4, 0.5) is 0 Å². The second-order valence-corrected chi connectivity index (χ2v) is 9.08. The minimum atomic E-state index is -0.124. The highest BCUT2D eigenvalue weighted by molar-refractivity contribution is 6.21. The third-order valence-electron chi connectivity index (χ3n) is 6.13. The van der Waals surface area contributed by atoms with Gasteiger partial charge in [-0.2, -0.15) is 0 Å². The van der Waals surface area contributed by atoms with Crippen molar-refractivity contribution in [2.24, 2.45) is 5.41 Å². The van der Waals surface area contributed by atoms with Crippen LogP contribution in [0.25, 0.3) is 0 Å². The van der Waals surface area contributed by atoms with E-state index in [4.69, 9.17) is 4.52 Å². The van der Waals surface area contributed by atoms with E-state index in [1.165, 1.54) is 0 Å². The zero-order valence-corrected chi connectivity index (χ0v) is 16.8. The summed E-state index contributed by atoms with van der Waals surface area (Å²) < 4.78 is 5.43. The third kappa shape index (κ3) is 3.56. The number of carbonyl (C=O) groups is 3. The van der Waals surface area contributed by atoms with Crippen LogP contribution in [0.1, 0.15) is 80.6 Å². The summed E-state index contributed by atoms with van der Waals surface area (Å²) in [7, 11) is 0. The first-order valence-corrected chi connectivity index (χ1v) is 10.4. The minimum absolute atomic E-state index is 0.0295. The molecule has 6 nitrogen and oxygen atoms in total. The maximum Gasteiger partial charge on any atom is 0.168 e. The average molecular weight is 384 g/mol. The number of fused-ring (bicyclic) bond motifs is 1. The van der Waals surface area contributed by atoms with Crippen LogP contribution in [0.5, 0.6) is 0 Å². The SMILES string of the molecule is CC1(C)CC(=O)c2c(CCC(=O)C3=C(N4CCCC4)CCCC3=O)noc2C1. The smallest absolute Gasteiger partial charge is 0.168 e. The van der Waals surface area contributed by atoms with Crippen LogP contribution in [0, 0.1) is 5.41 Å². The molecule has 0 radical (unpaired) electrons. The summed E-state index contributed by atoms with van der Waals surface area (Å²) in [6.45, 7) is 5.95. The fraction of sp³-hybridized carbons (Fsp3) is 0.636. The largest absolute Gasteiger partial charge is 0.374 e. The quantitative estimate of drug-likeness (QED) is 0.724. The molecule has 2 heterocycles. The Morgan fingerprint density at radius 2 is 1.82 bits per heavy atom. The molecule has 0 unspecified atom stereocenters. The zero-order valence-electron chi connectivity index (χ0n) is 16.8. The van der Waals surface area contributed by atoms with Crippen molar-refractivity contribution in [3.8, 4) is 0 Å². The molecule has 1 saturated heterocycles. The van der Waals surface area contributed by atoms with Crippen molar-refractivity contribution in [1.29, 1.82) is 0 Å². The van der Waals surface area contributed by atoms with Gasteiger partial charge in [0.05, 0.1) is 16.8 Å². The first-order chi connectivity index (χ1) is 13.4. The van der Waals surface area contributed by atoms with Gasteiger partial charge in [0.25, 0.3) is 0 Å². The van der Waals surface area contributed by atoms with E-state index in [0.29, 0.717) is 48.3 Å². The van der Waals surface area contributed by atoms with Gasteiger partial charge in [0, 0.05) is 50.9 Å². The number of rotatable bonds is 5. The van der Waals surface area contributed by atoms with Crippen LogP contribution < -0.4 is 0 Å². The number of hydrogen-bond acceptors (Lipinski definition) is 6. The summed E-state index contributed by atoms with van der Waals surface area (Å²) in [6, 6.07) is 0. The lowest BCUT2D eigenvalue weighted by Crippen LogP contribution is -2.29. The lowest BCUT2D eigenvalue weighted by atomic mass is 9.76. The van der Waals surface area contributed by atoms with Gasteiger partial charge in [0.1, 0.15) is 5.76 Å². The van der Waals surface area contributed by atoms with Gasteiger partial charge in [0.15, 0.2) is 17.3 Å². The summed E-state index contributed by atoms with van der Waals surface area (Å²) in [6.07, 6.45) is 5.98. The number of hydrogen-bond donors (Lipinski definition) is 0. The van der Waals surface area contributed by atoms with Gasteiger partial charge in [-0.25, -0.2) is 0 Å². The number of likely N-dealkylation sites (tertiary alicyclic amines) is 1. The van der Waals surface area contributed by atoms with E-state index < -0.39 is 0 Å². The number of allylic oxidation sites excluding steroid dienone is 2. The Hall–Kier alpha value is -2.24. The van der Waals surface area contributed by atoms with Gasteiger partial charge in [-0.05, 0) is 31.1 Å². The van der Waals surface area contributed by atoms with Gasteiger partial charge in [0.2, 0.25) is 0 Å². The van der Waals surface area contributed by atoms with Crippen molar-refractivity contribution in [2.45, 2.75) is 71.6 Å². The molecule has 1 fully saturated rings. The maximum absolute atomic E-state index is 13.0. The highest BCUT2D eigenvalue weighted by atomic mass is 16.5. The van der Waals surface area contributed by atoms with E-state index in [-0.39, 0.29) is 29.2 Å². The maximum atomic E-state index is 13.0. The number of aromatic nitrogens is 1. The predicted molar refractivity (Wildman–Crippen MR) is 103 cm³/mol. The van der Waals surface area contributed by atoms with Crippen LogP contribution in [0.3, 0.4) is 0 Å². The average Bonchev–Trinajstić information content (AvgIpc) is 3.28. The Morgan fingerprint density at radius 3 is 2.57 bits per heavy atom. The number of carbonyl (C=O) groups excluding carboxylic acids is 3. The zero-order chi connectivity index (χ0) is 19.9. The van der Waals surface area contributed by atoms with Gasteiger partial charge >= 0.3 is 0 Å². The molecular weight excluding hydrogens is 356 g/mol. The Bertz CT molecular complexity index is 856. The second kappa shape index (κ2) is 7.30. The standard InChI is InChI=1S/C22H28N2O4/c1-22(2)12-18(27)20-14(23-28-19(20)13-22)8-9-17(26)21-15(6-5-7-16(21)25)24-10-3-4-11-24/h3-13H2,1-2H3. The fourth-order valence-corrected chi connectivity index (χ4v) is 4.79. The number of nitrogens with zero attached hydrogens (tertiary/aromatic N) is 2. The van der Waals surface area contributed by atoms with Gasteiger partial charge in [-0.15, -0.1) is 0 Å². The predicted octanol–water partition coefficient (Wildman–Crippen LogP) is 3.43. The summed E-state index contributed by atoms with van der Waals surface area (Å²) in [5.41, 5.74) is 2.35. The molecule has 28 heavy (non-hydrogen) atoms. The molecule has 0 saturated carbocycles. The van der Waals surface area contributed by atoms with E-state index in [9.17, 15) is 14.4 Å². The van der Waals surface area contributed by atoms with E-state index in [2.05, 4.69) is 10.1 Å². The van der Waals surface area contributed by atoms with E-state index in [1.54, 1.807) is 0 Å². The molecule has 1 aromatic rings. The van der Waals surface area contributed by atoms with E-state index >= 15 is 0 Å². The Balaban J connectivity index is 1.52. The summed E-state index contributed by atoms with van der Waals surface area (Å²) in [5.74, 6) is 0.528. The molecule has 0 bridgehead atoms. The number of ketones is 3. The van der Waals surface area contributed by atoms with Crippen LogP contribution >= 0.6 is 0 Å². The van der Waals surface area contributed by atoms with Gasteiger partial charge in [-0.1, -0.05) is 19.0 Å².